The van der Waals surface area contributed by atoms with Gasteiger partial charge >= 0.3 is 4.87 Å². The molecule has 0 spiro atoms. The first kappa shape index (κ1) is 21.6. The molecule has 2 N–H and O–H groups in total. The first-order chi connectivity index (χ1) is 15.4. The van der Waals surface area contributed by atoms with Crippen molar-refractivity contribution in [2.24, 2.45) is 0 Å². The molecule has 1 amide bonds. The molecule has 0 fully saturated rings. The third-order valence-corrected chi connectivity index (χ3v) is 7.02. The summed E-state index contributed by atoms with van der Waals surface area (Å²) in [7, 11) is -2.27. The first-order valence-electron chi connectivity index (χ1n) is 9.51. The Morgan fingerprint density at radius 2 is 1.62 bits per heavy atom. The molecule has 1 heterocycles. The van der Waals surface area contributed by atoms with Crippen molar-refractivity contribution in [3.8, 4) is 5.75 Å². The number of ether oxygens (including phenoxy) is 1. The predicted octanol–water partition coefficient (Wildman–Crippen LogP) is 3.51. The standard InChI is InChI=1S/C22H19N3O5S2/c1-30-17-10-6-16(7-11-17)24-32(28,29)18-12-8-15(9-13-18)23-21(26)14-25-19-4-2-3-5-20(19)31-22(25)27/h2-13,24H,14H2,1H3,(H,23,26). The van der Waals surface area contributed by atoms with Crippen molar-refractivity contribution in [1.82, 2.24) is 4.57 Å². The Morgan fingerprint density at radius 3 is 2.31 bits per heavy atom. The zero-order valence-electron chi connectivity index (χ0n) is 16.9. The molecular formula is C22H19N3O5S2. The SMILES string of the molecule is COc1ccc(NS(=O)(=O)c2ccc(NC(=O)Cn3c(=O)sc4ccccc43)cc2)cc1. The van der Waals surface area contributed by atoms with Crippen LogP contribution in [0.5, 0.6) is 5.75 Å². The second-order valence-corrected chi connectivity index (χ2v) is 9.50. The molecule has 0 radical (unpaired) electrons. The third-order valence-electron chi connectivity index (χ3n) is 4.67. The Bertz CT molecular complexity index is 1420. The summed E-state index contributed by atoms with van der Waals surface area (Å²) >= 11 is 1.08. The van der Waals surface area contributed by atoms with Crippen LogP contribution in [0.1, 0.15) is 0 Å². The van der Waals surface area contributed by atoms with E-state index in [0.717, 1.165) is 16.0 Å². The summed E-state index contributed by atoms with van der Waals surface area (Å²) < 4.78 is 35.0. The zero-order valence-corrected chi connectivity index (χ0v) is 18.6. The Kier molecular flexibility index (Phi) is 5.97. The predicted molar refractivity (Wildman–Crippen MR) is 125 cm³/mol. The van der Waals surface area contributed by atoms with Crippen molar-refractivity contribution < 1.29 is 17.9 Å². The minimum Gasteiger partial charge on any atom is -0.497 e. The van der Waals surface area contributed by atoms with E-state index in [4.69, 9.17) is 4.74 Å². The number of benzene rings is 3. The molecule has 3 aromatic carbocycles. The van der Waals surface area contributed by atoms with Crippen LogP contribution in [0.4, 0.5) is 11.4 Å². The van der Waals surface area contributed by atoms with Gasteiger partial charge in [0.25, 0.3) is 10.0 Å². The Labute approximate surface area is 188 Å². The lowest BCUT2D eigenvalue weighted by Gasteiger charge is -2.10. The summed E-state index contributed by atoms with van der Waals surface area (Å²) in [4.78, 5) is 24.5. The number of rotatable bonds is 7. The maximum absolute atomic E-state index is 12.6. The molecule has 4 rings (SSSR count). The van der Waals surface area contributed by atoms with Gasteiger partial charge in [-0.3, -0.25) is 18.9 Å². The maximum Gasteiger partial charge on any atom is 0.308 e. The minimum absolute atomic E-state index is 0.0476. The molecule has 0 saturated carbocycles. The highest BCUT2D eigenvalue weighted by Gasteiger charge is 2.15. The fraction of sp³-hybridized carbons (Fsp3) is 0.0909. The number of nitrogens with zero attached hydrogens (tertiary/aromatic N) is 1. The van der Waals surface area contributed by atoms with Crippen LogP contribution >= 0.6 is 11.3 Å². The number of hydrogen-bond acceptors (Lipinski definition) is 6. The van der Waals surface area contributed by atoms with Gasteiger partial charge in [0, 0.05) is 11.4 Å². The first-order valence-corrected chi connectivity index (χ1v) is 11.8. The lowest BCUT2D eigenvalue weighted by atomic mass is 10.3. The molecule has 0 atom stereocenters. The molecule has 10 heteroatoms. The summed E-state index contributed by atoms with van der Waals surface area (Å²) in [5.74, 6) is 0.230. The van der Waals surface area contributed by atoms with Crippen molar-refractivity contribution in [1.29, 1.82) is 0 Å². The molecule has 0 saturated heterocycles. The van der Waals surface area contributed by atoms with Crippen molar-refractivity contribution in [3.05, 3.63) is 82.5 Å². The van der Waals surface area contributed by atoms with Crippen LogP contribution in [-0.4, -0.2) is 26.0 Å². The maximum atomic E-state index is 12.6. The van der Waals surface area contributed by atoms with Crippen molar-refractivity contribution >= 4 is 48.9 Å². The molecule has 8 nitrogen and oxygen atoms in total. The van der Waals surface area contributed by atoms with E-state index in [0.29, 0.717) is 22.6 Å². The van der Waals surface area contributed by atoms with E-state index >= 15 is 0 Å². The lowest BCUT2D eigenvalue weighted by molar-refractivity contribution is -0.116. The van der Waals surface area contributed by atoms with Crippen LogP contribution in [0, 0.1) is 0 Å². The van der Waals surface area contributed by atoms with Gasteiger partial charge in [-0.15, -0.1) is 0 Å². The highest BCUT2D eigenvalue weighted by atomic mass is 32.2. The fourth-order valence-electron chi connectivity index (χ4n) is 3.10. The molecule has 4 aromatic rings. The van der Waals surface area contributed by atoms with Crippen molar-refractivity contribution in [2.75, 3.05) is 17.1 Å². The monoisotopic (exact) mass is 469 g/mol. The number of nitrogens with one attached hydrogen (secondary N) is 2. The summed E-state index contributed by atoms with van der Waals surface area (Å²) in [5, 5.41) is 2.69. The Morgan fingerprint density at radius 1 is 0.969 bits per heavy atom. The van der Waals surface area contributed by atoms with Crippen LogP contribution in [0.15, 0.2) is 82.5 Å². The van der Waals surface area contributed by atoms with Gasteiger partial charge in [-0.1, -0.05) is 23.5 Å². The highest BCUT2D eigenvalue weighted by molar-refractivity contribution is 7.92. The number of hydrogen-bond donors (Lipinski definition) is 2. The highest BCUT2D eigenvalue weighted by Crippen LogP contribution is 2.21. The van der Waals surface area contributed by atoms with Gasteiger partial charge in [0.1, 0.15) is 12.3 Å². The Hall–Kier alpha value is -3.63. The van der Waals surface area contributed by atoms with E-state index in [1.165, 1.54) is 35.9 Å². The molecular weight excluding hydrogens is 450 g/mol. The molecule has 164 valence electrons. The number of fused-ring (bicyclic) bond motifs is 1. The van der Waals surface area contributed by atoms with Crippen molar-refractivity contribution in [2.45, 2.75) is 11.4 Å². The van der Waals surface area contributed by atoms with Crippen LogP contribution in [0.25, 0.3) is 10.2 Å². The lowest BCUT2D eigenvalue weighted by Crippen LogP contribution is -2.24. The van der Waals surface area contributed by atoms with Crippen LogP contribution < -0.4 is 19.6 Å². The normalized spacial score (nSPS) is 11.3. The smallest absolute Gasteiger partial charge is 0.308 e. The van der Waals surface area contributed by atoms with Gasteiger partial charge in [-0.25, -0.2) is 8.42 Å². The molecule has 0 aliphatic carbocycles. The molecule has 0 unspecified atom stereocenters. The largest absolute Gasteiger partial charge is 0.497 e. The number of sulfonamides is 1. The van der Waals surface area contributed by atoms with Gasteiger partial charge < -0.3 is 10.1 Å². The average molecular weight is 470 g/mol. The number of carbonyl (C=O) groups excluding carboxylic acids is 1. The average Bonchev–Trinajstić information content (AvgIpc) is 3.09. The van der Waals surface area contributed by atoms with Gasteiger partial charge in [0.2, 0.25) is 5.91 Å². The van der Waals surface area contributed by atoms with Crippen LogP contribution in [-0.2, 0) is 21.4 Å². The zero-order chi connectivity index (χ0) is 22.7. The number of amides is 1. The fourth-order valence-corrected chi connectivity index (χ4v) is 5.05. The molecule has 0 aliphatic heterocycles. The quantitative estimate of drug-likeness (QED) is 0.431. The summed E-state index contributed by atoms with van der Waals surface area (Å²) in [6.07, 6.45) is 0. The second kappa shape index (κ2) is 8.85. The number of methoxy groups -OCH3 is 1. The van der Waals surface area contributed by atoms with E-state index in [1.807, 2.05) is 18.2 Å². The number of thiazole rings is 1. The van der Waals surface area contributed by atoms with Gasteiger partial charge in [0.05, 0.1) is 22.2 Å². The number of para-hydroxylation sites is 1. The second-order valence-electron chi connectivity index (χ2n) is 6.83. The number of anilines is 2. The van der Waals surface area contributed by atoms with Crippen molar-refractivity contribution in [3.63, 3.8) is 0 Å². The molecule has 0 aliphatic rings. The number of carbonyl (C=O) groups is 1. The summed E-state index contributed by atoms with van der Waals surface area (Å²) in [6, 6.07) is 19.5. The van der Waals surface area contributed by atoms with E-state index in [-0.39, 0.29) is 22.2 Å². The van der Waals surface area contributed by atoms with Gasteiger partial charge in [-0.05, 0) is 60.7 Å². The van der Waals surface area contributed by atoms with Crippen LogP contribution in [0.2, 0.25) is 0 Å². The van der Waals surface area contributed by atoms with E-state index in [1.54, 1.807) is 30.3 Å². The van der Waals surface area contributed by atoms with E-state index < -0.39 is 10.0 Å². The summed E-state index contributed by atoms with van der Waals surface area (Å²) in [6.45, 7) is -0.137. The third kappa shape index (κ3) is 4.66. The van der Waals surface area contributed by atoms with Gasteiger partial charge in [0.15, 0.2) is 0 Å². The summed E-state index contributed by atoms with van der Waals surface area (Å²) in [5.41, 5.74) is 1.52. The van der Waals surface area contributed by atoms with Gasteiger partial charge in [-0.2, -0.15) is 0 Å². The Balaban J connectivity index is 1.44. The molecule has 32 heavy (non-hydrogen) atoms. The minimum atomic E-state index is -3.80. The van der Waals surface area contributed by atoms with E-state index in [9.17, 15) is 18.0 Å². The van der Waals surface area contributed by atoms with Crippen LogP contribution in [0.3, 0.4) is 0 Å². The topological polar surface area (TPSA) is 106 Å². The molecule has 1 aromatic heterocycles. The molecule has 0 bridgehead atoms. The van der Waals surface area contributed by atoms with E-state index in [2.05, 4.69) is 10.0 Å². The number of aromatic nitrogens is 1.